The van der Waals surface area contributed by atoms with Crippen molar-refractivity contribution in [2.75, 3.05) is 31.1 Å². The number of anilines is 1. The Kier molecular flexibility index (Phi) is 3.37. The second-order valence-corrected chi connectivity index (χ2v) is 5.49. The van der Waals surface area contributed by atoms with Gasteiger partial charge in [0.25, 0.3) is 5.91 Å². The molecule has 1 aromatic rings. The summed E-state index contributed by atoms with van der Waals surface area (Å²) in [6.45, 7) is 2.80. The number of ether oxygens (including phenoxy) is 1. The SMILES string of the molecule is O=C(C1CNCCO1)N1CCc2ccc(Br)cc21. The summed E-state index contributed by atoms with van der Waals surface area (Å²) < 4.78 is 6.54. The zero-order valence-corrected chi connectivity index (χ0v) is 11.6. The minimum absolute atomic E-state index is 0.0686. The van der Waals surface area contributed by atoms with Crippen LogP contribution in [0, 0.1) is 0 Å². The lowest BCUT2D eigenvalue weighted by Crippen LogP contribution is -2.49. The Morgan fingerprint density at radius 1 is 1.50 bits per heavy atom. The summed E-state index contributed by atoms with van der Waals surface area (Å²) in [6, 6.07) is 6.11. The van der Waals surface area contributed by atoms with E-state index in [9.17, 15) is 4.79 Å². The number of fused-ring (bicyclic) bond motifs is 1. The molecule has 0 bridgehead atoms. The van der Waals surface area contributed by atoms with Crippen LogP contribution in [0.15, 0.2) is 22.7 Å². The lowest BCUT2D eigenvalue weighted by molar-refractivity contribution is -0.131. The Hall–Kier alpha value is -0.910. The van der Waals surface area contributed by atoms with E-state index in [-0.39, 0.29) is 12.0 Å². The number of hydrogen-bond acceptors (Lipinski definition) is 3. The third-order valence-electron chi connectivity index (χ3n) is 3.41. The fourth-order valence-electron chi connectivity index (χ4n) is 2.48. The van der Waals surface area contributed by atoms with Crippen molar-refractivity contribution in [3.05, 3.63) is 28.2 Å². The molecule has 0 spiro atoms. The zero-order chi connectivity index (χ0) is 12.5. The van der Waals surface area contributed by atoms with Crippen molar-refractivity contribution < 1.29 is 9.53 Å². The van der Waals surface area contributed by atoms with Gasteiger partial charge < -0.3 is 15.0 Å². The van der Waals surface area contributed by atoms with Crippen LogP contribution >= 0.6 is 15.9 Å². The van der Waals surface area contributed by atoms with E-state index in [0.29, 0.717) is 13.2 Å². The molecule has 2 aliphatic heterocycles. The van der Waals surface area contributed by atoms with Crippen molar-refractivity contribution in [1.82, 2.24) is 5.32 Å². The molecule has 3 rings (SSSR count). The van der Waals surface area contributed by atoms with Gasteiger partial charge in [0, 0.05) is 29.8 Å². The highest BCUT2D eigenvalue weighted by atomic mass is 79.9. The van der Waals surface area contributed by atoms with Gasteiger partial charge in [-0.3, -0.25) is 4.79 Å². The number of halogens is 1. The maximum Gasteiger partial charge on any atom is 0.257 e. The molecule has 18 heavy (non-hydrogen) atoms. The van der Waals surface area contributed by atoms with Gasteiger partial charge in [-0.1, -0.05) is 22.0 Å². The number of hydrogen-bond donors (Lipinski definition) is 1. The zero-order valence-electron chi connectivity index (χ0n) is 9.99. The van der Waals surface area contributed by atoms with Crippen LogP contribution < -0.4 is 10.2 Å². The first kappa shape index (κ1) is 12.1. The molecule has 1 saturated heterocycles. The Bertz CT molecular complexity index is 472. The van der Waals surface area contributed by atoms with Crippen LogP contribution in [0.3, 0.4) is 0 Å². The van der Waals surface area contributed by atoms with Gasteiger partial charge in [0.15, 0.2) is 0 Å². The highest BCUT2D eigenvalue weighted by Crippen LogP contribution is 2.31. The second kappa shape index (κ2) is 4.99. The van der Waals surface area contributed by atoms with E-state index in [4.69, 9.17) is 4.74 Å². The average molecular weight is 311 g/mol. The lowest BCUT2D eigenvalue weighted by Gasteiger charge is -2.27. The Morgan fingerprint density at radius 3 is 3.17 bits per heavy atom. The van der Waals surface area contributed by atoms with Gasteiger partial charge in [0.2, 0.25) is 0 Å². The van der Waals surface area contributed by atoms with Crippen molar-refractivity contribution in [3.63, 3.8) is 0 Å². The molecule has 1 aromatic carbocycles. The van der Waals surface area contributed by atoms with Gasteiger partial charge >= 0.3 is 0 Å². The van der Waals surface area contributed by atoms with Crippen LogP contribution in [0.1, 0.15) is 5.56 Å². The highest BCUT2D eigenvalue weighted by molar-refractivity contribution is 9.10. The van der Waals surface area contributed by atoms with Crippen LogP contribution in [-0.2, 0) is 16.0 Å². The highest BCUT2D eigenvalue weighted by Gasteiger charge is 2.31. The summed E-state index contributed by atoms with van der Waals surface area (Å²) in [7, 11) is 0. The van der Waals surface area contributed by atoms with Gasteiger partial charge in [-0.2, -0.15) is 0 Å². The number of nitrogens with one attached hydrogen (secondary N) is 1. The Balaban J connectivity index is 1.82. The molecule has 0 saturated carbocycles. The Morgan fingerprint density at radius 2 is 2.39 bits per heavy atom. The van der Waals surface area contributed by atoms with Crippen molar-refractivity contribution in [2.45, 2.75) is 12.5 Å². The first-order valence-corrected chi connectivity index (χ1v) is 6.97. The van der Waals surface area contributed by atoms with E-state index < -0.39 is 0 Å². The third-order valence-corrected chi connectivity index (χ3v) is 3.91. The van der Waals surface area contributed by atoms with Gasteiger partial charge in [-0.05, 0) is 24.1 Å². The maximum atomic E-state index is 12.4. The molecular weight excluding hydrogens is 296 g/mol. The van der Waals surface area contributed by atoms with Crippen molar-refractivity contribution in [1.29, 1.82) is 0 Å². The fourth-order valence-corrected chi connectivity index (χ4v) is 2.83. The molecule has 0 aliphatic carbocycles. The summed E-state index contributed by atoms with van der Waals surface area (Å²) in [6.07, 6.45) is 0.581. The third kappa shape index (κ3) is 2.18. The number of carbonyl (C=O) groups excluding carboxylic acids is 1. The molecule has 4 nitrogen and oxygen atoms in total. The van der Waals surface area contributed by atoms with E-state index in [1.54, 1.807) is 0 Å². The number of benzene rings is 1. The van der Waals surface area contributed by atoms with Gasteiger partial charge in [-0.25, -0.2) is 0 Å². The first-order chi connectivity index (χ1) is 8.75. The molecule has 1 N–H and O–H groups in total. The van der Waals surface area contributed by atoms with E-state index in [0.717, 1.165) is 29.7 Å². The quantitative estimate of drug-likeness (QED) is 0.851. The molecule has 2 heterocycles. The largest absolute Gasteiger partial charge is 0.366 e. The van der Waals surface area contributed by atoms with Gasteiger partial charge in [-0.15, -0.1) is 0 Å². The lowest BCUT2D eigenvalue weighted by atomic mass is 10.2. The minimum Gasteiger partial charge on any atom is -0.366 e. The van der Waals surface area contributed by atoms with E-state index in [2.05, 4.69) is 27.3 Å². The summed E-state index contributed by atoms with van der Waals surface area (Å²) in [5.41, 5.74) is 2.25. The van der Waals surface area contributed by atoms with Crippen molar-refractivity contribution in [3.8, 4) is 0 Å². The molecule has 1 fully saturated rings. The minimum atomic E-state index is -0.344. The number of morpholine rings is 1. The van der Waals surface area contributed by atoms with Crippen LogP contribution in [0.5, 0.6) is 0 Å². The molecule has 0 radical (unpaired) electrons. The van der Waals surface area contributed by atoms with E-state index in [1.807, 2.05) is 17.0 Å². The standard InChI is InChI=1S/C13H15BrN2O2/c14-10-2-1-9-3-5-16(11(9)7-10)13(17)12-8-15-4-6-18-12/h1-2,7,12,15H,3-6,8H2. The summed E-state index contributed by atoms with van der Waals surface area (Å²) in [4.78, 5) is 14.3. The van der Waals surface area contributed by atoms with E-state index in [1.165, 1.54) is 5.56 Å². The molecule has 1 amide bonds. The van der Waals surface area contributed by atoms with Crippen molar-refractivity contribution in [2.24, 2.45) is 0 Å². The average Bonchev–Trinajstić information content (AvgIpc) is 2.82. The molecule has 0 aromatic heterocycles. The number of carbonyl (C=O) groups is 1. The number of amides is 1. The van der Waals surface area contributed by atoms with Crippen LogP contribution in [0.4, 0.5) is 5.69 Å². The smallest absolute Gasteiger partial charge is 0.257 e. The molecule has 2 aliphatic rings. The van der Waals surface area contributed by atoms with Crippen molar-refractivity contribution >= 4 is 27.5 Å². The molecule has 1 atom stereocenters. The van der Waals surface area contributed by atoms with Crippen LogP contribution in [-0.4, -0.2) is 38.3 Å². The summed E-state index contributed by atoms with van der Waals surface area (Å²) >= 11 is 3.46. The fraction of sp³-hybridized carbons (Fsp3) is 0.462. The summed E-state index contributed by atoms with van der Waals surface area (Å²) in [5.74, 6) is 0.0686. The first-order valence-electron chi connectivity index (χ1n) is 6.18. The predicted octanol–water partition coefficient (Wildman–Crippen LogP) is 1.33. The number of rotatable bonds is 1. The van der Waals surface area contributed by atoms with Crippen LogP contribution in [0.25, 0.3) is 0 Å². The molecule has 96 valence electrons. The maximum absolute atomic E-state index is 12.4. The van der Waals surface area contributed by atoms with Gasteiger partial charge in [0.05, 0.1) is 6.61 Å². The van der Waals surface area contributed by atoms with Crippen LogP contribution in [0.2, 0.25) is 0 Å². The molecular formula is C13H15BrN2O2. The molecule has 1 unspecified atom stereocenters. The van der Waals surface area contributed by atoms with E-state index >= 15 is 0 Å². The second-order valence-electron chi connectivity index (χ2n) is 4.58. The molecule has 5 heteroatoms. The topological polar surface area (TPSA) is 41.6 Å². The van der Waals surface area contributed by atoms with Gasteiger partial charge in [0.1, 0.15) is 6.10 Å². The Labute approximate surface area is 114 Å². The monoisotopic (exact) mass is 310 g/mol. The summed E-state index contributed by atoms with van der Waals surface area (Å²) in [5, 5.41) is 3.19. The number of nitrogens with zero attached hydrogens (tertiary/aromatic N) is 1. The normalized spacial score (nSPS) is 22.9. The predicted molar refractivity (Wildman–Crippen MR) is 72.8 cm³/mol.